The Balaban J connectivity index is 1.15. The number of carbonyl (C=O) groups excluding carboxylic acids is 1. The summed E-state index contributed by atoms with van der Waals surface area (Å²) in [6.07, 6.45) is 9.24. The van der Waals surface area contributed by atoms with Gasteiger partial charge in [-0.3, -0.25) is 9.69 Å². The number of ether oxygens (including phenoxy) is 2. The van der Waals surface area contributed by atoms with Gasteiger partial charge in [-0.2, -0.15) is 11.8 Å². The Morgan fingerprint density at radius 1 is 1.12 bits per heavy atom. The van der Waals surface area contributed by atoms with Crippen LogP contribution < -0.4 is 15.4 Å². The normalized spacial score (nSPS) is 13.9. The summed E-state index contributed by atoms with van der Waals surface area (Å²) < 4.78 is 11.1. The number of thioether (sulfide) groups is 1. The third-order valence-corrected chi connectivity index (χ3v) is 7.47. The number of pyridine rings is 2. The van der Waals surface area contributed by atoms with Gasteiger partial charge < -0.3 is 20.1 Å². The lowest BCUT2D eigenvalue weighted by Gasteiger charge is -2.26. The molecule has 0 atom stereocenters. The van der Waals surface area contributed by atoms with Crippen molar-refractivity contribution in [3.8, 4) is 11.6 Å². The fourth-order valence-corrected chi connectivity index (χ4v) is 5.09. The maximum absolute atomic E-state index is 12.5. The molecule has 1 fully saturated rings. The summed E-state index contributed by atoms with van der Waals surface area (Å²) in [5.74, 6) is 3.47. The number of halogens is 1. The van der Waals surface area contributed by atoms with Crippen LogP contribution in [0.2, 0.25) is 5.02 Å². The molecule has 1 aromatic carbocycles. The molecule has 0 aliphatic carbocycles. The van der Waals surface area contributed by atoms with E-state index in [1.54, 1.807) is 36.7 Å². The van der Waals surface area contributed by atoms with Crippen molar-refractivity contribution < 1.29 is 14.3 Å². The van der Waals surface area contributed by atoms with E-state index >= 15 is 0 Å². The van der Waals surface area contributed by atoms with Gasteiger partial charge in [-0.1, -0.05) is 23.7 Å². The van der Waals surface area contributed by atoms with Crippen molar-refractivity contribution >= 4 is 57.5 Å². The first-order valence-electron chi connectivity index (χ1n) is 13.3. The molecule has 0 saturated carbocycles. The van der Waals surface area contributed by atoms with Gasteiger partial charge in [0.25, 0.3) is 0 Å². The number of hydrogen-bond acceptors (Lipinski definition) is 10. The first-order chi connectivity index (χ1) is 20.1. The van der Waals surface area contributed by atoms with Crippen LogP contribution in [0.1, 0.15) is 6.42 Å². The van der Waals surface area contributed by atoms with Crippen molar-refractivity contribution in [3.63, 3.8) is 0 Å². The minimum absolute atomic E-state index is 0.243. The molecule has 3 aromatic heterocycles. The zero-order valence-electron chi connectivity index (χ0n) is 22.3. The maximum Gasteiger partial charge on any atom is 0.249 e. The van der Waals surface area contributed by atoms with Gasteiger partial charge in [-0.05, 0) is 49.1 Å². The van der Waals surface area contributed by atoms with Crippen LogP contribution in [0.15, 0.2) is 73.3 Å². The summed E-state index contributed by atoms with van der Waals surface area (Å²) in [6.45, 7) is 4.78. The lowest BCUT2D eigenvalue weighted by molar-refractivity contribution is -0.111. The predicted molar refractivity (Wildman–Crippen MR) is 163 cm³/mol. The molecule has 5 rings (SSSR count). The number of amides is 1. The molecule has 0 spiro atoms. The average Bonchev–Trinajstić information content (AvgIpc) is 2.99. The topological polar surface area (TPSA) is 114 Å². The highest BCUT2D eigenvalue weighted by Crippen LogP contribution is 2.32. The van der Waals surface area contributed by atoms with Crippen molar-refractivity contribution in [2.75, 3.05) is 55.0 Å². The van der Waals surface area contributed by atoms with E-state index in [1.807, 2.05) is 36.0 Å². The minimum Gasteiger partial charge on any atom is -0.437 e. The van der Waals surface area contributed by atoms with Crippen molar-refractivity contribution in [1.29, 1.82) is 0 Å². The quantitative estimate of drug-likeness (QED) is 0.160. The number of benzene rings is 1. The van der Waals surface area contributed by atoms with E-state index in [4.69, 9.17) is 21.1 Å². The Morgan fingerprint density at radius 3 is 2.85 bits per heavy atom. The molecular formula is C29H30ClN7O3S. The molecule has 12 heteroatoms. The summed E-state index contributed by atoms with van der Waals surface area (Å²) >= 11 is 8.27. The Hall–Kier alpha value is -3.77. The predicted octanol–water partition coefficient (Wildman–Crippen LogP) is 5.56. The zero-order valence-corrected chi connectivity index (χ0v) is 23.9. The Morgan fingerprint density at radius 2 is 2.02 bits per heavy atom. The van der Waals surface area contributed by atoms with Gasteiger partial charge in [0.05, 0.1) is 29.9 Å². The van der Waals surface area contributed by atoms with Gasteiger partial charge in [-0.25, -0.2) is 19.9 Å². The van der Waals surface area contributed by atoms with Crippen molar-refractivity contribution in [1.82, 2.24) is 24.8 Å². The lowest BCUT2D eigenvalue weighted by Crippen LogP contribution is -2.36. The summed E-state index contributed by atoms with van der Waals surface area (Å²) in [4.78, 5) is 32.1. The second-order valence-electron chi connectivity index (χ2n) is 9.12. The zero-order chi connectivity index (χ0) is 28.3. The van der Waals surface area contributed by atoms with Gasteiger partial charge >= 0.3 is 0 Å². The molecule has 0 unspecified atom stereocenters. The number of carbonyl (C=O) groups is 1. The molecule has 1 amide bonds. The molecular weight excluding hydrogens is 562 g/mol. The smallest absolute Gasteiger partial charge is 0.249 e. The largest absolute Gasteiger partial charge is 0.437 e. The van der Waals surface area contributed by atoms with E-state index in [0.717, 1.165) is 50.8 Å². The highest BCUT2D eigenvalue weighted by molar-refractivity contribution is 7.99. The molecule has 1 saturated heterocycles. The molecule has 212 valence electrons. The van der Waals surface area contributed by atoms with Crippen molar-refractivity contribution in [3.05, 3.63) is 78.4 Å². The van der Waals surface area contributed by atoms with Gasteiger partial charge in [-0.15, -0.1) is 0 Å². The molecule has 4 heterocycles. The highest BCUT2D eigenvalue weighted by atomic mass is 35.5. The third-order valence-electron chi connectivity index (χ3n) is 6.17. The van der Waals surface area contributed by atoms with Crippen LogP contribution in [0.25, 0.3) is 10.9 Å². The number of rotatable bonds is 12. The second-order valence-corrected chi connectivity index (χ2v) is 10.7. The Kier molecular flexibility index (Phi) is 10.3. The van der Waals surface area contributed by atoms with Crippen LogP contribution in [0, 0.1) is 0 Å². The van der Waals surface area contributed by atoms with Crippen LogP contribution in [0.3, 0.4) is 0 Å². The van der Waals surface area contributed by atoms with E-state index < -0.39 is 0 Å². The van der Waals surface area contributed by atoms with Gasteiger partial charge in [0.1, 0.15) is 23.7 Å². The number of hydrogen-bond donors (Lipinski definition) is 2. The minimum atomic E-state index is -0.243. The highest BCUT2D eigenvalue weighted by Gasteiger charge is 2.11. The maximum atomic E-state index is 12.5. The first-order valence-corrected chi connectivity index (χ1v) is 14.8. The molecule has 0 radical (unpaired) electrons. The second kappa shape index (κ2) is 14.7. The monoisotopic (exact) mass is 591 g/mol. The van der Waals surface area contributed by atoms with Crippen LogP contribution in [-0.4, -0.2) is 75.1 Å². The van der Waals surface area contributed by atoms with Crippen LogP contribution >= 0.6 is 23.4 Å². The molecule has 1 aliphatic rings. The summed E-state index contributed by atoms with van der Waals surface area (Å²) in [5, 5.41) is 7.19. The number of morpholine rings is 1. The van der Waals surface area contributed by atoms with E-state index in [2.05, 4.69) is 35.5 Å². The third kappa shape index (κ3) is 8.61. The number of fused-ring (bicyclic) bond motifs is 1. The van der Waals surface area contributed by atoms with E-state index in [0.29, 0.717) is 44.9 Å². The van der Waals surface area contributed by atoms with Crippen molar-refractivity contribution in [2.24, 2.45) is 0 Å². The standard InChI is InChI=1S/C29H30ClN7O3S/c30-23-17-21(7-8-25(23)40-28-6-1-2-9-31-28)35-29-22-18-26(32-19-24(22)33-20-34-29)36-27(38)5-3-15-41-16-4-10-37-11-13-39-14-12-37/h1-3,5-9,17-20H,4,10-16H2,(H,32,36,38)(H,33,34,35). The molecule has 10 nitrogen and oxygen atoms in total. The van der Waals surface area contributed by atoms with E-state index in [-0.39, 0.29) is 5.91 Å². The molecule has 1 aliphatic heterocycles. The molecule has 4 aromatic rings. The van der Waals surface area contributed by atoms with E-state index in [9.17, 15) is 4.79 Å². The SMILES string of the molecule is O=C(C=CCSCCCN1CCOCC1)Nc1cc2c(Nc3ccc(Oc4ccccn4)c(Cl)c3)ncnc2cn1. The van der Waals surface area contributed by atoms with Crippen LogP contribution in [0.5, 0.6) is 11.6 Å². The Labute approximate surface area is 247 Å². The fraction of sp³-hybridized carbons (Fsp3) is 0.276. The van der Waals surface area contributed by atoms with Gasteiger partial charge in [0.2, 0.25) is 11.8 Å². The number of nitrogens with one attached hydrogen (secondary N) is 2. The summed E-state index contributed by atoms with van der Waals surface area (Å²) in [7, 11) is 0. The number of anilines is 3. The van der Waals surface area contributed by atoms with E-state index in [1.165, 1.54) is 12.4 Å². The molecule has 41 heavy (non-hydrogen) atoms. The average molecular weight is 592 g/mol. The first kappa shape index (κ1) is 28.7. The lowest BCUT2D eigenvalue weighted by atomic mass is 10.2. The Bertz CT molecular complexity index is 1490. The molecule has 2 N–H and O–H groups in total. The molecule has 0 bridgehead atoms. The van der Waals surface area contributed by atoms with Crippen LogP contribution in [-0.2, 0) is 9.53 Å². The summed E-state index contributed by atoms with van der Waals surface area (Å²) in [6, 6.07) is 12.5. The van der Waals surface area contributed by atoms with Gasteiger partial charge in [0.15, 0.2) is 0 Å². The number of nitrogens with zero attached hydrogens (tertiary/aromatic N) is 5. The number of aromatic nitrogens is 4. The fourth-order valence-electron chi connectivity index (χ4n) is 4.13. The summed E-state index contributed by atoms with van der Waals surface area (Å²) in [5.41, 5.74) is 1.34. The van der Waals surface area contributed by atoms with Crippen molar-refractivity contribution in [2.45, 2.75) is 6.42 Å². The van der Waals surface area contributed by atoms with Crippen LogP contribution in [0.4, 0.5) is 17.3 Å². The van der Waals surface area contributed by atoms with Gasteiger partial charge in [0, 0.05) is 48.3 Å².